The number of ether oxygens (including phenoxy) is 1. The van der Waals surface area contributed by atoms with Crippen molar-refractivity contribution < 1.29 is 37.9 Å². The molecule has 5 atom stereocenters. The number of aliphatic hydroxyl groups is 2. The van der Waals surface area contributed by atoms with Gasteiger partial charge in [-0.15, -0.1) is 0 Å². The lowest BCUT2D eigenvalue weighted by Crippen LogP contribution is -2.37. The third-order valence-corrected chi connectivity index (χ3v) is 4.87. The van der Waals surface area contributed by atoms with Gasteiger partial charge in [-0.25, -0.2) is 9.36 Å². The molecule has 1 saturated heterocycles. The summed E-state index contributed by atoms with van der Waals surface area (Å²) in [6, 6.07) is 1.05. The largest absolute Gasteiger partial charge is 0.472 e. The summed E-state index contributed by atoms with van der Waals surface area (Å²) in [5.41, 5.74) is -1.46. The number of nitrogens with one attached hydrogen (secondary N) is 1. The van der Waals surface area contributed by atoms with Crippen LogP contribution in [0.1, 0.15) is 6.23 Å². The van der Waals surface area contributed by atoms with E-state index in [0.717, 1.165) is 16.8 Å². The van der Waals surface area contributed by atoms with E-state index < -0.39 is 50.2 Å². The number of hydrogen-bond acceptors (Lipinski definition) is 8. The van der Waals surface area contributed by atoms with Crippen molar-refractivity contribution in [2.75, 3.05) is 40.9 Å². The van der Waals surface area contributed by atoms with Crippen molar-refractivity contribution >= 4 is 7.82 Å². The molecule has 0 aliphatic carbocycles. The van der Waals surface area contributed by atoms with Gasteiger partial charge in [-0.1, -0.05) is 0 Å². The van der Waals surface area contributed by atoms with E-state index in [1.54, 1.807) is 0 Å². The fraction of sp³-hybridized carbons (Fsp3) is 0.714. The summed E-state index contributed by atoms with van der Waals surface area (Å²) in [5.74, 6) is 0. The molecule has 1 aromatic rings. The van der Waals surface area contributed by atoms with Gasteiger partial charge in [0, 0.05) is 12.3 Å². The Morgan fingerprint density at radius 2 is 1.93 bits per heavy atom. The molecule has 0 radical (unpaired) electrons. The normalized spacial score (nSPS) is 28.2. The highest BCUT2D eigenvalue weighted by atomic mass is 31.2. The predicted molar refractivity (Wildman–Crippen MR) is 91.9 cm³/mol. The van der Waals surface area contributed by atoms with Gasteiger partial charge >= 0.3 is 13.5 Å². The monoisotopic (exact) mass is 410 g/mol. The highest BCUT2D eigenvalue weighted by molar-refractivity contribution is 7.47. The first-order chi connectivity index (χ1) is 12.4. The number of aliphatic hydroxyl groups excluding tert-OH is 2. The molecule has 1 aliphatic rings. The topological polar surface area (TPSA) is 160 Å². The zero-order valence-corrected chi connectivity index (χ0v) is 16.1. The molecule has 1 aliphatic heterocycles. The second-order valence-corrected chi connectivity index (χ2v) is 8.63. The molecule has 1 fully saturated rings. The second-order valence-electron chi connectivity index (χ2n) is 7.18. The van der Waals surface area contributed by atoms with Crippen molar-refractivity contribution in [3.8, 4) is 0 Å². The van der Waals surface area contributed by atoms with Crippen molar-refractivity contribution in [1.29, 1.82) is 0 Å². The first-order valence-corrected chi connectivity index (χ1v) is 9.64. The summed E-state index contributed by atoms with van der Waals surface area (Å²) in [5, 5.41) is 20.1. The minimum atomic E-state index is -4.38. The zero-order valence-electron chi connectivity index (χ0n) is 15.2. The Balaban J connectivity index is 1.96. The van der Waals surface area contributed by atoms with Crippen LogP contribution in [0.25, 0.3) is 0 Å². The molecule has 154 valence electrons. The minimum Gasteiger partial charge on any atom is -0.387 e. The van der Waals surface area contributed by atoms with Gasteiger partial charge in [0.15, 0.2) is 6.23 Å². The summed E-state index contributed by atoms with van der Waals surface area (Å²) < 4.78 is 28.4. The molecule has 2 heterocycles. The van der Waals surface area contributed by atoms with Gasteiger partial charge in [-0.2, -0.15) is 0 Å². The number of phosphoric acid groups is 1. The van der Waals surface area contributed by atoms with Crippen molar-refractivity contribution in [3.63, 3.8) is 0 Å². The zero-order chi connectivity index (χ0) is 20.4. The molecule has 2 unspecified atom stereocenters. The van der Waals surface area contributed by atoms with Crippen LogP contribution in [0.2, 0.25) is 0 Å². The lowest BCUT2D eigenvalue weighted by Gasteiger charge is -2.24. The SMILES string of the molecule is C[N+](C)(C)CCOP(=O)(O)OC[C@H]1O[C@@H](n2ccc(=O)[nH]c2=O)[C@@H](O)C1O. The summed E-state index contributed by atoms with van der Waals surface area (Å²) in [7, 11) is 1.27. The molecular formula is C14H25N3O9P+. The lowest BCUT2D eigenvalue weighted by molar-refractivity contribution is -0.870. The number of rotatable bonds is 8. The number of aromatic nitrogens is 2. The summed E-state index contributed by atoms with van der Waals surface area (Å²) in [4.78, 5) is 34.6. The molecule has 2 rings (SSSR count). The number of phosphoric ester groups is 1. The highest BCUT2D eigenvalue weighted by Crippen LogP contribution is 2.44. The maximum Gasteiger partial charge on any atom is 0.472 e. The van der Waals surface area contributed by atoms with Gasteiger partial charge in [0.25, 0.3) is 5.56 Å². The number of H-pyrrole nitrogens is 1. The number of nitrogens with zero attached hydrogens (tertiary/aromatic N) is 2. The lowest BCUT2D eigenvalue weighted by atomic mass is 10.1. The second kappa shape index (κ2) is 8.33. The minimum absolute atomic E-state index is 0.0244. The van der Waals surface area contributed by atoms with Gasteiger partial charge in [0.2, 0.25) is 0 Å². The number of aromatic amines is 1. The molecule has 12 nitrogen and oxygen atoms in total. The third kappa shape index (κ3) is 6.06. The third-order valence-electron chi connectivity index (χ3n) is 3.88. The number of hydrogen-bond donors (Lipinski definition) is 4. The van der Waals surface area contributed by atoms with E-state index in [9.17, 15) is 29.3 Å². The highest BCUT2D eigenvalue weighted by Gasteiger charge is 2.45. The fourth-order valence-corrected chi connectivity index (χ4v) is 3.08. The summed E-state index contributed by atoms with van der Waals surface area (Å²) in [6.45, 7) is -0.110. The first-order valence-electron chi connectivity index (χ1n) is 8.15. The molecule has 0 bridgehead atoms. The molecule has 1 aromatic heterocycles. The average molecular weight is 410 g/mol. The average Bonchev–Trinajstić information content (AvgIpc) is 2.80. The maximum absolute atomic E-state index is 11.9. The van der Waals surface area contributed by atoms with Crippen LogP contribution in [0.3, 0.4) is 0 Å². The molecule has 0 aromatic carbocycles. The van der Waals surface area contributed by atoms with Crippen LogP contribution in [0, 0.1) is 0 Å². The Morgan fingerprint density at radius 1 is 1.26 bits per heavy atom. The molecule has 0 saturated carbocycles. The van der Waals surface area contributed by atoms with Crippen molar-refractivity contribution in [2.45, 2.75) is 24.5 Å². The molecule has 27 heavy (non-hydrogen) atoms. The van der Waals surface area contributed by atoms with Crippen LogP contribution in [-0.2, 0) is 18.3 Å². The van der Waals surface area contributed by atoms with Gasteiger partial charge in [-0.3, -0.25) is 23.4 Å². The first kappa shape index (κ1) is 21.9. The molecule has 4 N–H and O–H groups in total. The van der Waals surface area contributed by atoms with E-state index in [1.165, 1.54) is 0 Å². The van der Waals surface area contributed by atoms with Gasteiger partial charge in [-0.05, 0) is 0 Å². The Bertz CT molecular complexity index is 802. The fourth-order valence-electron chi connectivity index (χ4n) is 2.36. The standard InChI is InChI=1S/C14H24N3O9P/c1-17(2,3)6-7-24-27(22,23)25-8-9-11(19)12(20)13(26-9)16-5-4-10(18)15-14(16)21/h4-5,9,11-13,19-20H,6-8H2,1-3H3,(H-,15,18,21,22,23)/p+1/t9-,11?,12+,13-/m1/s1. The molecular weight excluding hydrogens is 385 g/mol. The number of quaternary nitrogens is 1. The van der Waals surface area contributed by atoms with E-state index >= 15 is 0 Å². The van der Waals surface area contributed by atoms with Gasteiger partial charge < -0.3 is 24.3 Å². The molecule has 0 spiro atoms. The van der Waals surface area contributed by atoms with Crippen LogP contribution < -0.4 is 11.2 Å². The van der Waals surface area contributed by atoms with E-state index in [-0.39, 0.29) is 6.61 Å². The van der Waals surface area contributed by atoms with Crippen LogP contribution in [0.4, 0.5) is 0 Å². The van der Waals surface area contributed by atoms with Crippen LogP contribution in [0.15, 0.2) is 21.9 Å². The molecule has 0 amide bonds. The quantitative estimate of drug-likeness (QED) is 0.281. The Labute approximate surface area is 154 Å². The van der Waals surface area contributed by atoms with E-state index in [1.807, 2.05) is 26.1 Å². The van der Waals surface area contributed by atoms with Crippen LogP contribution in [-0.4, -0.2) is 88.4 Å². The van der Waals surface area contributed by atoms with Crippen molar-refractivity contribution in [3.05, 3.63) is 33.1 Å². The number of likely N-dealkylation sites (N-methyl/N-ethyl adjacent to an activating group) is 1. The van der Waals surface area contributed by atoms with E-state index in [4.69, 9.17) is 13.8 Å². The Morgan fingerprint density at radius 3 is 2.52 bits per heavy atom. The van der Waals surface area contributed by atoms with Gasteiger partial charge in [0.1, 0.15) is 31.5 Å². The Hall–Kier alpha value is -1.37. The molecule has 13 heteroatoms. The van der Waals surface area contributed by atoms with Crippen molar-refractivity contribution in [1.82, 2.24) is 9.55 Å². The Kier molecular flexibility index (Phi) is 6.77. The van der Waals surface area contributed by atoms with E-state index in [0.29, 0.717) is 11.0 Å². The predicted octanol–water partition coefficient (Wildman–Crippen LogP) is -2.00. The maximum atomic E-state index is 11.9. The smallest absolute Gasteiger partial charge is 0.387 e. The van der Waals surface area contributed by atoms with E-state index in [2.05, 4.69) is 0 Å². The van der Waals surface area contributed by atoms with Crippen LogP contribution in [0.5, 0.6) is 0 Å². The summed E-state index contributed by atoms with van der Waals surface area (Å²) in [6.07, 6.45) is -4.38. The van der Waals surface area contributed by atoms with Crippen LogP contribution >= 0.6 is 7.82 Å². The van der Waals surface area contributed by atoms with Crippen molar-refractivity contribution in [2.24, 2.45) is 0 Å². The van der Waals surface area contributed by atoms with Gasteiger partial charge in [0.05, 0.1) is 27.7 Å². The summed E-state index contributed by atoms with van der Waals surface area (Å²) >= 11 is 0.